The molecule has 1 aromatic rings. The van der Waals surface area contributed by atoms with Crippen LogP contribution in [0, 0.1) is 5.41 Å². The SMILES string of the molecule is CC1(C)C(O)CC1NC(=O)CCOc1ccccc1. The van der Waals surface area contributed by atoms with Gasteiger partial charge in [0.2, 0.25) is 5.91 Å². The molecule has 0 bridgehead atoms. The van der Waals surface area contributed by atoms with Crippen LogP contribution in [0.3, 0.4) is 0 Å². The number of benzene rings is 1. The van der Waals surface area contributed by atoms with Gasteiger partial charge in [-0.1, -0.05) is 32.0 Å². The molecule has 1 amide bonds. The second-order valence-corrected chi connectivity index (χ2v) is 5.60. The molecule has 0 radical (unpaired) electrons. The molecule has 4 nitrogen and oxygen atoms in total. The Bertz CT molecular complexity index is 430. The summed E-state index contributed by atoms with van der Waals surface area (Å²) in [5, 5.41) is 12.6. The van der Waals surface area contributed by atoms with E-state index in [1.165, 1.54) is 0 Å². The molecule has 1 saturated carbocycles. The summed E-state index contributed by atoms with van der Waals surface area (Å²) in [6, 6.07) is 9.50. The van der Waals surface area contributed by atoms with Gasteiger partial charge in [-0.2, -0.15) is 0 Å². The number of aliphatic hydroxyl groups is 1. The number of rotatable bonds is 5. The van der Waals surface area contributed by atoms with E-state index >= 15 is 0 Å². The van der Waals surface area contributed by atoms with Crippen molar-refractivity contribution in [3.63, 3.8) is 0 Å². The number of carbonyl (C=O) groups excluding carboxylic acids is 1. The normalized spacial score (nSPS) is 24.4. The largest absolute Gasteiger partial charge is 0.493 e. The lowest BCUT2D eigenvalue weighted by Gasteiger charge is -2.49. The van der Waals surface area contributed by atoms with Crippen LogP contribution >= 0.6 is 0 Å². The van der Waals surface area contributed by atoms with Crippen molar-refractivity contribution in [2.24, 2.45) is 5.41 Å². The third kappa shape index (κ3) is 3.26. The third-order valence-corrected chi connectivity index (χ3v) is 3.89. The van der Waals surface area contributed by atoms with E-state index in [9.17, 15) is 9.90 Å². The Labute approximate surface area is 113 Å². The summed E-state index contributed by atoms with van der Waals surface area (Å²) in [6.07, 6.45) is 0.647. The molecule has 0 spiro atoms. The van der Waals surface area contributed by atoms with Gasteiger partial charge in [0.15, 0.2) is 0 Å². The summed E-state index contributed by atoms with van der Waals surface area (Å²) < 4.78 is 5.47. The Balaban J connectivity index is 1.68. The topological polar surface area (TPSA) is 58.6 Å². The van der Waals surface area contributed by atoms with Crippen LogP contribution in [0.4, 0.5) is 0 Å². The number of hydrogen-bond acceptors (Lipinski definition) is 3. The minimum absolute atomic E-state index is 0.0269. The minimum atomic E-state index is -0.321. The number of carbonyl (C=O) groups is 1. The van der Waals surface area contributed by atoms with Crippen LogP contribution in [0.5, 0.6) is 5.75 Å². The zero-order valence-corrected chi connectivity index (χ0v) is 11.4. The van der Waals surface area contributed by atoms with E-state index in [-0.39, 0.29) is 23.5 Å². The molecule has 0 aromatic heterocycles. The summed E-state index contributed by atoms with van der Waals surface area (Å²) in [6.45, 7) is 4.30. The highest BCUT2D eigenvalue weighted by Gasteiger charge is 2.47. The van der Waals surface area contributed by atoms with Crippen molar-refractivity contribution in [1.82, 2.24) is 5.32 Å². The molecule has 2 atom stereocenters. The van der Waals surface area contributed by atoms with Crippen LogP contribution in [0.1, 0.15) is 26.7 Å². The molecule has 0 heterocycles. The minimum Gasteiger partial charge on any atom is -0.493 e. The predicted octanol–water partition coefficient (Wildman–Crippen LogP) is 1.73. The fourth-order valence-corrected chi connectivity index (χ4v) is 2.19. The zero-order chi connectivity index (χ0) is 13.9. The van der Waals surface area contributed by atoms with E-state index in [1.807, 2.05) is 44.2 Å². The molecule has 1 aromatic carbocycles. The average Bonchev–Trinajstić information content (AvgIpc) is 2.39. The number of aliphatic hydroxyl groups excluding tert-OH is 1. The third-order valence-electron chi connectivity index (χ3n) is 3.89. The highest BCUT2D eigenvalue weighted by Crippen LogP contribution is 2.40. The van der Waals surface area contributed by atoms with Gasteiger partial charge in [0.05, 0.1) is 19.1 Å². The van der Waals surface area contributed by atoms with E-state index in [4.69, 9.17) is 4.74 Å². The lowest BCUT2D eigenvalue weighted by Crippen LogP contribution is -2.61. The zero-order valence-electron chi connectivity index (χ0n) is 11.4. The lowest BCUT2D eigenvalue weighted by atomic mass is 9.64. The van der Waals surface area contributed by atoms with Crippen LogP contribution in [-0.2, 0) is 4.79 Å². The number of hydrogen-bond donors (Lipinski definition) is 2. The van der Waals surface area contributed by atoms with Gasteiger partial charge in [0.1, 0.15) is 5.75 Å². The smallest absolute Gasteiger partial charge is 0.223 e. The van der Waals surface area contributed by atoms with Crippen molar-refractivity contribution < 1.29 is 14.6 Å². The monoisotopic (exact) mass is 263 g/mol. The van der Waals surface area contributed by atoms with E-state index in [1.54, 1.807) is 0 Å². The van der Waals surface area contributed by atoms with E-state index in [2.05, 4.69) is 5.32 Å². The van der Waals surface area contributed by atoms with Gasteiger partial charge in [-0.05, 0) is 18.6 Å². The summed E-state index contributed by atoms with van der Waals surface area (Å²) in [5.74, 6) is 0.746. The Morgan fingerprint density at radius 2 is 2.11 bits per heavy atom. The van der Waals surface area contributed by atoms with Crippen LogP contribution < -0.4 is 10.1 Å². The molecule has 0 aliphatic heterocycles. The fraction of sp³-hybridized carbons (Fsp3) is 0.533. The van der Waals surface area contributed by atoms with E-state index < -0.39 is 0 Å². The first-order valence-electron chi connectivity index (χ1n) is 6.65. The average molecular weight is 263 g/mol. The lowest BCUT2D eigenvalue weighted by molar-refractivity contribution is -0.129. The summed E-state index contributed by atoms with van der Waals surface area (Å²) >= 11 is 0. The Morgan fingerprint density at radius 3 is 2.68 bits per heavy atom. The van der Waals surface area contributed by atoms with Crippen LogP contribution in [0.15, 0.2) is 30.3 Å². The molecule has 4 heteroatoms. The van der Waals surface area contributed by atoms with Gasteiger partial charge in [0, 0.05) is 11.5 Å². The first-order chi connectivity index (χ1) is 9.00. The van der Waals surface area contributed by atoms with E-state index in [0.717, 1.165) is 5.75 Å². The van der Waals surface area contributed by atoms with Gasteiger partial charge < -0.3 is 15.2 Å². The number of nitrogens with one attached hydrogen (secondary N) is 1. The highest BCUT2D eigenvalue weighted by atomic mass is 16.5. The standard InChI is InChI=1S/C15H21NO3/c1-15(2)12(10-13(15)17)16-14(18)8-9-19-11-6-4-3-5-7-11/h3-7,12-13,17H,8-10H2,1-2H3,(H,16,18). The molecule has 19 heavy (non-hydrogen) atoms. The number of para-hydroxylation sites is 1. The predicted molar refractivity (Wildman–Crippen MR) is 72.9 cm³/mol. The van der Waals surface area contributed by atoms with Crippen molar-refractivity contribution in [3.05, 3.63) is 30.3 Å². The van der Waals surface area contributed by atoms with Crippen LogP contribution in [0.2, 0.25) is 0 Å². The van der Waals surface area contributed by atoms with Crippen LogP contribution in [-0.4, -0.2) is 29.8 Å². The first kappa shape index (κ1) is 13.9. The quantitative estimate of drug-likeness (QED) is 0.850. The van der Waals surface area contributed by atoms with Crippen molar-refractivity contribution in [2.75, 3.05) is 6.61 Å². The van der Waals surface area contributed by atoms with Crippen LogP contribution in [0.25, 0.3) is 0 Å². The molecule has 2 rings (SSSR count). The maximum absolute atomic E-state index is 11.8. The molecular weight excluding hydrogens is 242 g/mol. The second kappa shape index (κ2) is 5.61. The van der Waals surface area contributed by atoms with E-state index in [0.29, 0.717) is 19.4 Å². The Hall–Kier alpha value is -1.55. The number of ether oxygens (including phenoxy) is 1. The van der Waals surface area contributed by atoms with Crippen molar-refractivity contribution in [3.8, 4) is 5.75 Å². The summed E-state index contributed by atoms with van der Waals surface area (Å²) in [7, 11) is 0. The summed E-state index contributed by atoms with van der Waals surface area (Å²) in [5.41, 5.74) is -0.226. The van der Waals surface area contributed by atoms with Gasteiger partial charge in [0.25, 0.3) is 0 Å². The second-order valence-electron chi connectivity index (χ2n) is 5.60. The fourth-order valence-electron chi connectivity index (χ4n) is 2.19. The maximum Gasteiger partial charge on any atom is 0.223 e. The van der Waals surface area contributed by atoms with Crippen molar-refractivity contribution in [2.45, 2.75) is 38.8 Å². The Kier molecular flexibility index (Phi) is 4.10. The molecule has 0 saturated heterocycles. The summed E-state index contributed by atoms with van der Waals surface area (Å²) in [4.78, 5) is 11.8. The van der Waals surface area contributed by atoms with Crippen molar-refractivity contribution >= 4 is 5.91 Å². The molecule has 2 N–H and O–H groups in total. The first-order valence-corrected chi connectivity index (χ1v) is 6.65. The molecule has 1 aliphatic rings. The van der Waals surface area contributed by atoms with Gasteiger partial charge >= 0.3 is 0 Å². The molecule has 104 valence electrons. The molecule has 1 aliphatic carbocycles. The van der Waals surface area contributed by atoms with Gasteiger partial charge in [-0.15, -0.1) is 0 Å². The van der Waals surface area contributed by atoms with Crippen molar-refractivity contribution in [1.29, 1.82) is 0 Å². The molecule has 1 fully saturated rings. The Morgan fingerprint density at radius 1 is 1.42 bits per heavy atom. The van der Waals surface area contributed by atoms with Gasteiger partial charge in [-0.3, -0.25) is 4.79 Å². The molecular formula is C15H21NO3. The number of amides is 1. The van der Waals surface area contributed by atoms with Gasteiger partial charge in [-0.25, -0.2) is 0 Å². The highest BCUT2D eigenvalue weighted by molar-refractivity contribution is 5.76. The maximum atomic E-state index is 11.8. The molecule has 2 unspecified atom stereocenters.